The first kappa shape index (κ1) is 60.3. The lowest BCUT2D eigenvalue weighted by Gasteiger charge is -2.39. The van der Waals surface area contributed by atoms with Gasteiger partial charge in [0.1, 0.15) is 77.6 Å². The van der Waals surface area contributed by atoms with E-state index in [2.05, 4.69) is 9.98 Å². The zero-order chi connectivity index (χ0) is 62.1. The van der Waals surface area contributed by atoms with Crippen LogP contribution in [0.15, 0.2) is 168 Å². The molecule has 0 atom stereocenters. The van der Waals surface area contributed by atoms with E-state index in [1.165, 1.54) is 23.5 Å². The largest absolute Gasteiger partial charge is 0.492 e. The number of esters is 4. The lowest BCUT2D eigenvalue weighted by atomic mass is 9.78. The van der Waals surface area contributed by atoms with Gasteiger partial charge in [0.2, 0.25) is 11.5 Å². The zero-order valence-electron chi connectivity index (χ0n) is 47.5. The van der Waals surface area contributed by atoms with Crippen LogP contribution in [-0.2, 0) is 75.8 Å². The number of amidine groups is 1. The summed E-state index contributed by atoms with van der Waals surface area (Å²) in [5.41, 5.74) is 2.31. The smallest absolute Gasteiger partial charge is 0.367 e. The number of nitriles is 3. The number of carbonyl (C=O) groups excluding carboxylic acids is 4. The molecule has 444 valence electrons. The number of rotatable bonds is 22. The van der Waals surface area contributed by atoms with Crippen molar-refractivity contribution in [1.29, 1.82) is 15.8 Å². The first-order valence-electron chi connectivity index (χ1n) is 27.8. The van der Waals surface area contributed by atoms with E-state index < -0.39 is 40.8 Å². The predicted octanol–water partition coefficient (Wildman–Crippen LogP) is 14.0. The normalized spacial score (nSPS) is 12.9. The molecule has 11 rings (SSSR count). The van der Waals surface area contributed by atoms with E-state index in [1.807, 2.05) is 19.9 Å². The number of fused-ring (bicyclic) bond motifs is 6. The highest BCUT2D eigenvalue weighted by molar-refractivity contribution is 7.26. The Kier molecular flexibility index (Phi) is 18.1. The Labute approximate surface area is 526 Å². The summed E-state index contributed by atoms with van der Waals surface area (Å²) in [6, 6.07) is 50.4. The third-order valence-corrected chi connectivity index (χ3v) is 18.5. The molecule has 4 aromatic heterocycles. The van der Waals surface area contributed by atoms with Crippen molar-refractivity contribution in [3.05, 3.63) is 191 Å². The summed E-state index contributed by atoms with van der Waals surface area (Å²) in [6.45, 7) is 3.20. The molecule has 0 saturated carbocycles. The van der Waals surface area contributed by atoms with Crippen molar-refractivity contribution in [2.45, 2.75) is 64.3 Å². The van der Waals surface area contributed by atoms with Gasteiger partial charge in [0.15, 0.2) is 0 Å². The number of aliphatic imine (C=N–C) groups is 2. The van der Waals surface area contributed by atoms with E-state index in [0.717, 1.165) is 34.0 Å². The van der Waals surface area contributed by atoms with Crippen molar-refractivity contribution in [2.24, 2.45) is 15.7 Å². The van der Waals surface area contributed by atoms with Crippen LogP contribution in [0, 0.1) is 34.0 Å². The van der Waals surface area contributed by atoms with Crippen molar-refractivity contribution < 1.29 is 57.1 Å². The second-order valence-electron chi connectivity index (χ2n) is 19.9. The zero-order valence-corrected chi connectivity index (χ0v) is 50.8. The number of nitrogens with zero attached hydrogens (tertiary/aromatic N) is 5. The highest BCUT2D eigenvalue weighted by atomic mass is 32.1. The quantitative estimate of drug-likeness (QED) is 0.0217. The standard InChI is InChI=1S/C67H50N6O12S4/c1-3-25-78-49-31-56(72-44(33-68)34-69)88-60(49)53-29-51-58(86-53)45-27-48-46(28-47(45)66(84-51,62(74)80-36-40-17-9-5-10-18-40)63(75)81-37-41-19-11-6-12-20-41)59-52(30-54(87-59)61-50(79-26-4-2)32-57(89-61)73-55(71)35-70)85-67(48,64(76)82-38-42-21-13-7-14-22-42)65(77)83-39-43-23-15-8-16-24-43/h5-24,27-32H,3-4,25-26,36-39H2,1-2H3,(H2,71,73). The number of ether oxygens (including phenoxy) is 8. The molecule has 2 aliphatic heterocycles. The van der Waals surface area contributed by atoms with Crippen LogP contribution in [-0.4, -0.2) is 48.6 Å². The van der Waals surface area contributed by atoms with Crippen LogP contribution in [0.1, 0.15) is 60.1 Å². The second-order valence-corrected chi connectivity index (χ2v) is 24.1. The summed E-state index contributed by atoms with van der Waals surface area (Å²) >= 11 is 4.60. The Morgan fingerprint density at radius 2 is 0.820 bits per heavy atom. The summed E-state index contributed by atoms with van der Waals surface area (Å²) in [7, 11) is 0. The number of benzene rings is 5. The Morgan fingerprint density at radius 1 is 0.472 bits per heavy atom. The predicted molar refractivity (Wildman–Crippen MR) is 336 cm³/mol. The maximum absolute atomic E-state index is 15.8. The molecular weight excluding hydrogens is 1210 g/mol. The molecule has 0 bridgehead atoms. The SMILES string of the molecule is CCCOc1cc(N=C(N)C#N)sc1-c1cc2c(s1)-c1cc3c(cc1C(C(=O)OCc1ccccc1)(C(=O)OCc1ccccc1)O2)-c1sc(-c2sc(N=C(C#N)C#N)cc2OCCC)cc1OC3(C(=O)OCc1ccccc1)C(=O)OCc1ccccc1. The fourth-order valence-corrected chi connectivity index (χ4v) is 14.1. The van der Waals surface area contributed by atoms with Crippen LogP contribution in [0.4, 0.5) is 10.0 Å². The van der Waals surface area contributed by atoms with Crippen LogP contribution in [0.25, 0.3) is 40.4 Å². The monoisotopic (exact) mass is 1260 g/mol. The maximum Gasteiger partial charge on any atom is 0.367 e. The van der Waals surface area contributed by atoms with E-state index >= 15 is 19.2 Å². The van der Waals surface area contributed by atoms with Gasteiger partial charge in [0, 0.05) is 46.5 Å². The average Bonchev–Trinajstić information content (AvgIpc) is 1.69. The Balaban J connectivity index is 1.20. The van der Waals surface area contributed by atoms with Gasteiger partial charge in [-0.2, -0.15) is 15.8 Å². The Bertz CT molecular complexity index is 4220. The van der Waals surface area contributed by atoms with Gasteiger partial charge in [-0.15, -0.1) is 45.3 Å². The van der Waals surface area contributed by atoms with E-state index in [9.17, 15) is 15.8 Å². The molecule has 9 aromatic rings. The van der Waals surface area contributed by atoms with Gasteiger partial charge in [-0.1, -0.05) is 135 Å². The van der Waals surface area contributed by atoms with Crippen LogP contribution in [0.5, 0.6) is 23.0 Å². The first-order valence-corrected chi connectivity index (χ1v) is 31.0. The van der Waals surface area contributed by atoms with Crippen molar-refractivity contribution in [2.75, 3.05) is 13.2 Å². The Morgan fingerprint density at radius 3 is 1.15 bits per heavy atom. The van der Waals surface area contributed by atoms with Crippen molar-refractivity contribution >= 4 is 90.8 Å². The summed E-state index contributed by atoms with van der Waals surface area (Å²) in [6.07, 6.45) is 1.25. The van der Waals surface area contributed by atoms with E-state index in [0.29, 0.717) is 87.5 Å². The first-order chi connectivity index (χ1) is 43.4. The summed E-state index contributed by atoms with van der Waals surface area (Å²) < 4.78 is 51.3. The van der Waals surface area contributed by atoms with Gasteiger partial charge in [-0.25, -0.2) is 29.2 Å². The number of carbonyl (C=O) groups is 4. The van der Waals surface area contributed by atoms with Gasteiger partial charge in [-0.05, 0) is 47.2 Å². The second kappa shape index (κ2) is 26.7. The fraction of sp³-hybridized carbons (Fsp3) is 0.179. The summed E-state index contributed by atoms with van der Waals surface area (Å²) in [5, 5.41) is 29.6. The van der Waals surface area contributed by atoms with Crippen LogP contribution in [0.2, 0.25) is 0 Å². The number of thiophene rings is 4. The van der Waals surface area contributed by atoms with Crippen LogP contribution >= 0.6 is 45.3 Å². The summed E-state index contributed by atoms with van der Waals surface area (Å²) in [4.78, 5) is 74.3. The Hall–Kier alpha value is -10.4. The van der Waals surface area contributed by atoms with Gasteiger partial charge in [0.05, 0.1) is 42.5 Å². The minimum absolute atomic E-state index is 0.00587. The number of nitrogens with two attached hydrogens (primary N) is 1. The highest BCUT2D eigenvalue weighted by Gasteiger charge is 2.62. The number of hydrogen-bond acceptors (Lipinski definition) is 21. The lowest BCUT2D eigenvalue weighted by Crippen LogP contribution is -2.54. The molecule has 2 aliphatic rings. The van der Waals surface area contributed by atoms with Crippen molar-refractivity contribution in [3.63, 3.8) is 0 Å². The minimum atomic E-state index is -2.80. The molecule has 6 heterocycles. The molecule has 0 radical (unpaired) electrons. The molecule has 0 spiro atoms. The lowest BCUT2D eigenvalue weighted by molar-refractivity contribution is -0.185. The van der Waals surface area contributed by atoms with E-state index in [-0.39, 0.29) is 77.6 Å². The third kappa shape index (κ3) is 12.3. The molecule has 0 aliphatic carbocycles. The summed E-state index contributed by atoms with van der Waals surface area (Å²) in [5.74, 6) is -4.25. The van der Waals surface area contributed by atoms with Gasteiger partial charge >= 0.3 is 35.1 Å². The molecule has 22 heteroatoms. The van der Waals surface area contributed by atoms with Crippen molar-refractivity contribution in [3.8, 4) is 81.6 Å². The fourth-order valence-electron chi connectivity index (χ4n) is 9.71. The van der Waals surface area contributed by atoms with Gasteiger partial charge < -0.3 is 43.6 Å². The van der Waals surface area contributed by atoms with E-state index in [4.69, 9.17) is 43.6 Å². The molecule has 5 aromatic carbocycles. The molecule has 0 saturated heterocycles. The van der Waals surface area contributed by atoms with E-state index in [1.54, 1.807) is 158 Å². The molecule has 0 fully saturated rings. The average molecular weight is 1260 g/mol. The molecule has 0 amide bonds. The topological polar surface area (TPSA) is 264 Å². The molecule has 89 heavy (non-hydrogen) atoms. The number of hydrogen-bond donors (Lipinski definition) is 1. The van der Waals surface area contributed by atoms with Crippen LogP contribution in [0.3, 0.4) is 0 Å². The molecular formula is C67H50N6O12S4. The van der Waals surface area contributed by atoms with Crippen LogP contribution < -0.4 is 24.7 Å². The van der Waals surface area contributed by atoms with Gasteiger partial charge in [-0.3, -0.25) is 0 Å². The molecule has 0 unspecified atom stereocenters. The molecule has 2 N–H and O–H groups in total. The maximum atomic E-state index is 15.8. The third-order valence-electron chi connectivity index (χ3n) is 13.8. The highest BCUT2D eigenvalue weighted by Crippen LogP contribution is 2.61. The van der Waals surface area contributed by atoms with Crippen molar-refractivity contribution in [1.82, 2.24) is 0 Å². The molecule has 18 nitrogen and oxygen atoms in total. The minimum Gasteiger partial charge on any atom is -0.492 e. The van der Waals surface area contributed by atoms with Gasteiger partial charge in [0.25, 0.3) is 0 Å².